The molecule has 1 unspecified atom stereocenters. The molecule has 2 aliphatic heterocycles. The summed E-state index contributed by atoms with van der Waals surface area (Å²) in [6.07, 6.45) is 3.32. The first-order chi connectivity index (χ1) is 8.62. The van der Waals surface area contributed by atoms with Gasteiger partial charge in [-0.1, -0.05) is 13.3 Å². The number of likely N-dealkylation sites (N-methyl/N-ethyl adjacent to an activating group) is 1. The van der Waals surface area contributed by atoms with Gasteiger partial charge in [0.05, 0.1) is 5.75 Å². The Morgan fingerprint density at radius 2 is 1.89 bits per heavy atom. The van der Waals surface area contributed by atoms with Gasteiger partial charge in [0, 0.05) is 32.2 Å². The van der Waals surface area contributed by atoms with Gasteiger partial charge in [0.1, 0.15) is 0 Å². The Kier molecular flexibility index (Phi) is 5.00. The van der Waals surface area contributed by atoms with Crippen molar-refractivity contribution in [1.29, 1.82) is 0 Å². The first kappa shape index (κ1) is 14.2. The second-order valence-electron chi connectivity index (χ2n) is 5.26. The van der Waals surface area contributed by atoms with Crippen LogP contribution in [-0.4, -0.2) is 68.7 Å². The molecule has 106 valence electrons. The molecule has 2 saturated heterocycles. The Morgan fingerprint density at radius 1 is 1.17 bits per heavy atom. The third-order valence-corrected chi connectivity index (χ3v) is 5.97. The molecule has 0 saturated carbocycles. The Morgan fingerprint density at radius 3 is 2.44 bits per heavy atom. The number of hydrogen-bond acceptors (Lipinski definition) is 4. The van der Waals surface area contributed by atoms with Gasteiger partial charge in [-0.05, 0) is 25.9 Å². The fourth-order valence-corrected chi connectivity index (χ4v) is 4.47. The van der Waals surface area contributed by atoms with Gasteiger partial charge in [-0.15, -0.1) is 0 Å². The summed E-state index contributed by atoms with van der Waals surface area (Å²) in [4.78, 5) is 2.30. The van der Waals surface area contributed by atoms with E-state index >= 15 is 0 Å². The SMILES string of the molecule is CCN1CCN(S(=O)(=O)CC2CCCCN2)CC1. The maximum Gasteiger partial charge on any atom is 0.215 e. The summed E-state index contributed by atoms with van der Waals surface area (Å²) < 4.78 is 26.3. The maximum atomic E-state index is 12.3. The predicted octanol–water partition coefficient (Wildman–Crippen LogP) is 0.0958. The van der Waals surface area contributed by atoms with Gasteiger partial charge in [-0.2, -0.15) is 4.31 Å². The zero-order chi connectivity index (χ0) is 13.0. The van der Waals surface area contributed by atoms with Crippen molar-refractivity contribution < 1.29 is 8.42 Å². The van der Waals surface area contributed by atoms with Crippen LogP contribution in [0.2, 0.25) is 0 Å². The van der Waals surface area contributed by atoms with Crippen LogP contribution in [0.4, 0.5) is 0 Å². The predicted molar refractivity (Wildman–Crippen MR) is 73.1 cm³/mol. The Hall–Kier alpha value is -0.170. The lowest BCUT2D eigenvalue weighted by Crippen LogP contribution is -2.51. The molecule has 0 bridgehead atoms. The fourth-order valence-electron chi connectivity index (χ4n) is 2.75. The highest BCUT2D eigenvalue weighted by molar-refractivity contribution is 7.89. The van der Waals surface area contributed by atoms with Crippen LogP contribution in [0.15, 0.2) is 0 Å². The second kappa shape index (κ2) is 6.32. The summed E-state index contributed by atoms with van der Waals surface area (Å²) in [5, 5.41) is 3.32. The summed E-state index contributed by atoms with van der Waals surface area (Å²) in [7, 11) is -3.07. The molecule has 0 amide bonds. The van der Waals surface area contributed by atoms with Gasteiger partial charge in [-0.25, -0.2) is 8.42 Å². The van der Waals surface area contributed by atoms with Crippen LogP contribution in [0.25, 0.3) is 0 Å². The topological polar surface area (TPSA) is 52.7 Å². The molecule has 2 heterocycles. The van der Waals surface area contributed by atoms with Crippen molar-refractivity contribution in [3.63, 3.8) is 0 Å². The maximum absolute atomic E-state index is 12.3. The van der Waals surface area contributed by atoms with Crippen molar-refractivity contribution >= 4 is 10.0 Å². The number of nitrogens with one attached hydrogen (secondary N) is 1. The Bertz CT molecular complexity index is 344. The molecular weight excluding hydrogens is 250 g/mol. The lowest BCUT2D eigenvalue weighted by molar-refractivity contribution is 0.196. The highest BCUT2D eigenvalue weighted by Crippen LogP contribution is 2.13. The van der Waals surface area contributed by atoms with Crippen molar-refractivity contribution in [1.82, 2.24) is 14.5 Å². The Balaban J connectivity index is 1.86. The molecule has 18 heavy (non-hydrogen) atoms. The zero-order valence-corrected chi connectivity index (χ0v) is 12.1. The van der Waals surface area contributed by atoms with Crippen molar-refractivity contribution in [3.05, 3.63) is 0 Å². The molecule has 0 aromatic heterocycles. The van der Waals surface area contributed by atoms with E-state index in [4.69, 9.17) is 0 Å². The third kappa shape index (κ3) is 3.66. The molecule has 6 heteroatoms. The molecule has 1 N–H and O–H groups in total. The van der Waals surface area contributed by atoms with E-state index < -0.39 is 10.0 Å². The average molecular weight is 275 g/mol. The quantitative estimate of drug-likeness (QED) is 0.790. The average Bonchev–Trinajstić information content (AvgIpc) is 2.39. The van der Waals surface area contributed by atoms with Gasteiger partial charge in [0.15, 0.2) is 0 Å². The number of sulfonamides is 1. The molecule has 0 aliphatic carbocycles. The monoisotopic (exact) mass is 275 g/mol. The molecule has 0 aromatic rings. The lowest BCUT2D eigenvalue weighted by Gasteiger charge is -2.34. The van der Waals surface area contributed by atoms with E-state index in [1.54, 1.807) is 4.31 Å². The molecule has 0 spiro atoms. The fraction of sp³-hybridized carbons (Fsp3) is 1.00. The number of nitrogens with zero attached hydrogens (tertiary/aromatic N) is 2. The van der Waals surface area contributed by atoms with Crippen LogP contribution in [0.3, 0.4) is 0 Å². The van der Waals surface area contributed by atoms with Crippen molar-refractivity contribution in [2.24, 2.45) is 0 Å². The molecule has 5 nitrogen and oxygen atoms in total. The number of piperazine rings is 1. The molecule has 2 aliphatic rings. The molecule has 0 radical (unpaired) electrons. The smallest absolute Gasteiger partial charge is 0.215 e. The minimum absolute atomic E-state index is 0.160. The van der Waals surface area contributed by atoms with Gasteiger partial charge >= 0.3 is 0 Å². The first-order valence-electron chi connectivity index (χ1n) is 7.05. The highest BCUT2D eigenvalue weighted by Gasteiger charge is 2.29. The van der Waals surface area contributed by atoms with Crippen LogP contribution in [-0.2, 0) is 10.0 Å². The lowest BCUT2D eigenvalue weighted by atomic mass is 10.1. The molecule has 2 fully saturated rings. The van der Waals surface area contributed by atoms with E-state index in [1.807, 2.05) is 0 Å². The zero-order valence-electron chi connectivity index (χ0n) is 11.3. The van der Waals surface area contributed by atoms with Crippen LogP contribution in [0, 0.1) is 0 Å². The largest absolute Gasteiger partial charge is 0.313 e. The van der Waals surface area contributed by atoms with E-state index in [0.717, 1.165) is 39.0 Å². The van der Waals surface area contributed by atoms with Crippen LogP contribution in [0.1, 0.15) is 26.2 Å². The van der Waals surface area contributed by atoms with Crippen LogP contribution < -0.4 is 5.32 Å². The number of hydrogen-bond donors (Lipinski definition) is 1. The van der Waals surface area contributed by atoms with E-state index in [1.165, 1.54) is 6.42 Å². The minimum atomic E-state index is -3.07. The van der Waals surface area contributed by atoms with Crippen molar-refractivity contribution in [2.75, 3.05) is 45.0 Å². The van der Waals surface area contributed by atoms with Gasteiger partial charge in [-0.3, -0.25) is 0 Å². The van der Waals surface area contributed by atoms with Crippen molar-refractivity contribution in [3.8, 4) is 0 Å². The minimum Gasteiger partial charge on any atom is -0.313 e. The van der Waals surface area contributed by atoms with Gasteiger partial charge in [0.2, 0.25) is 10.0 Å². The summed E-state index contributed by atoms with van der Waals surface area (Å²) in [6, 6.07) is 0.160. The van der Waals surface area contributed by atoms with Crippen LogP contribution >= 0.6 is 0 Å². The third-order valence-electron chi connectivity index (χ3n) is 4.00. The standard InChI is InChI=1S/C12H25N3O2S/c1-2-14-7-9-15(10-8-14)18(16,17)11-12-5-3-4-6-13-12/h12-13H,2-11H2,1H3. The van der Waals surface area contributed by atoms with Gasteiger partial charge in [0.25, 0.3) is 0 Å². The summed E-state index contributed by atoms with van der Waals surface area (Å²) in [5.74, 6) is 0.277. The molecular formula is C12H25N3O2S. The normalized spacial score (nSPS) is 28.4. The molecule has 0 aromatic carbocycles. The highest BCUT2D eigenvalue weighted by atomic mass is 32.2. The molecule has 2 rings (SSSR count). The Labute approximate surface area is 111 Å². The van der Waals surface area contributed by atoms with Crippen LogP contribution in [0.5, 0.6) is 0 Å². The summed E-state index contributed by atoms with van der Waals surface area (Å²) in [6.45, 7) is 7.14. The van der Waals surface area contributed by atoms with Crippen molar-refractivity contribution in [2.45, 2.75) is 32.2 Å². The summed E-state index contributed by atoms with van der Waals surface area (Å²) in [5.41, 5.74) is 0. The van der Waals surface area contributed by atoms with Gasteiger partial charge < -0.3 is 10.2 Å². The molecule has 1 atom stereocenters. The van der Waals surface area contributed by atoms with E-state index in [2.05, 4.69) is 17.1 Å². The first-order valence-corrected chi connectivity index (χ1v) is 8.66. The van der Waals surface area contributed by atoms with E-state index in [9.17, 15) is 8.42 Å². The second-order valence-corrected chi connectivity index (χ2v) is 7.27. The number of rotatable bonds is 4. The summed E-state index contributed by atoms with van der Waals surface area (Å²) >= 11 is 0. The van der Waals surface area contributed by atoms with E-state index in [0.29, 0.717) is 13.1 Å². The van der Waals surface area contributed by atoms with E-state index in [-0.39, 0.29) is 11.8 Å². The number of piperidine rings is 1.